The fourth-order valence-electron chi connectivity index (χ4n) is 3.34. The molecule has 0 saturated carbocycles. The molecule has 0 radical (unpaired) electrons. The Balaban J connectivity index is 1.30. The smallest absolute Gasteiger partial charge is 0.252 e. The Morgan fingerprint density at radius 1 is 1.13 bits per heavy atom. The van der Waals surface area contributed by atoms with E-state index in [2.05, 4.69) is 20.2 Å². The number of aryl methyl sites for hydroxylation is 3. The van der Waals surface area contributed by atoms with Gasteiger partial charge in [-0.25, -0.2) is 9.50 Å². The van der Waals surface area contributed by atoms with Crippen molar-refractivity contribution in [1.29, 1.82) is 0 Å². The lowest BCUT2D eigenvalue weighted by atomic mass is 10.1. The Morgan fingerprint density at radius 2 is 1.93 bits per heavy atom. The molecule has 3 aromatic heterocycles. The zero-order chi connectivity index (χ0) is 21.1. The van der Waals surface area contributed by atoms with Crippen LogP contribution in [0.5, 0.6) is 0 Å². The number of nitrogens with zero attached hydrogens (tertiary/aromatic N) is 6. The van der Waals surface area contributed by atoms with Crippen LogP contribution in [0.15, 0.2) is 47.0 Å². The number of hydrogen-bond acceptors (Lipinski definition) is 6. The number of hydrogen-bond donors (Lipinski definition) is 0. The van der Waals surface area contributed by atoms with Crippen LogP contribution in [0.4, 0.5) is 0 Å². The van der Waals surface area contributed by atoms with Gasteiger partial charge in [-0.15, -0.1) is 5.10 Å². The molecule has 3 heterocycles. The molecule has 1 aromatic carbocycles. The molecule has 30 heavy (non-hydrogen) atoms. The summed E-state index contributed by atoms with van der Waals surface area (Å²) in [6.45, 7) is 4.47. The number of aromatic nitrogens is 5. The van der Waals surface area contributed by atoms with Crippen LogP contribution in [-0.4, -0.2) is 49.1 Å². The summed E-state index contributed by atoms with van der Waals surface area (Å²) in [7, 11) is 1.79. The summed E-state index contributed by atoms with van der Waals surface area (Å²) >= 11 is 0. The molecule has 0 aliphatic heterocycles. The van der Waals surface area contributed by atoms with Gasteiger partial charge in [-0.1, -0.05) is 35.5 Å². The maximum absolute atomic E-state index is 12.6. The van der Waals surface area contributed by atoms with Crippen LogP contribution >= 0.6 is 0 Å². The van der Waals surface area contributed by atoms with Gasteiger partial charge in [0.05, 0.1) is 6.42 Å². The van der Waals surface area contributed by atoms with Crippen molar-refractivity contribution in [3.05, 3.63) is 65.4 Å². The summed E-state index contributed by atoms with van der Waals surface area (Å²) in [4.78, 5) is 23.0. The SMILES string of the molecule is Cc1cc(C)n2nc(CC(=O)N(C)CCCc3cc(-c4ccccc4)no3)nc2n1. The van der Waals surface area contributed by atoms with E-state index >= 15 is 0 Å². The van der Waals surface area contributed by atoms with E-state index < -0.39 is 0 Å². The number of amides is 1. The maximum Gasteiger partial charge on any atom is 0.252 e. The molecule has 0 atom stereocenters. The van der Waals surface area contributed by atoms with Crippen molar-refractivity contribution in [3.8, 4) is 11.3 Å². The average molecular weight is 404 g/mol. The van der Waals surface area contributed by atoms with Gasteiger partial charge in [0.25, 0.3) is 5.78 Å². The summed E-state index contributed by atoms with van der Waals surface area (Å²) < 4.78 is 7.10. The van der Waals surface area contributed by atoms with Crippen LogP contribution in [0.3, 0.4) is 0 Å². The molecule has 4 aromatic rings. The molecule has 0 spiro atoms. The quantitative estimate of drug-likeness (QED) is 0.470. The first-order chi connectivity index (χ1) is 14.5. The lowest BCUT2D eigenvalue weighted by molar-refractivity contribution is -0.129. The second kappa shape index (κ2) is 8.44. The lowest BCUT2D eigenvalue weighted by Gasteiger charge is -2.15. The van der Waals surface area contributed by atoms with Gasteiger partial charge in [0.15, 0.2) is 5.82 Å². The minimum atomic E-state index is -0.0252. The molecule has 8 nitrogen and oxygen atoms in total. The highest BCUT2D eigenvalue weighted by Crippen LogP contribution is 2.19. The Kier molecular flexibility index (Phi) is 5.56. The van der Waals surface area contributed by atoms with Gasteiger partial charge in [0, 0.05) is 43.0 Å². The number of rotatable bonds is 7. The van der Waals surface area contributed by atoms with Gasteiger partial charge >= 0.3 is 0 Å². The minimum absolute atomic E-state index is 0.0252. The van der Waals surface area contributed by atoms with Crippen LogP contribution in [0.1, 0.15) is 29.4 Å². The fourth-order valence-corrected chi connectivity index (χ4v) is 3.34. The second-order valence-corrected chi connectivity index (χ2v) is 7.42. The number of fused-ring (bicyclic) bond motifs is 1. The number of carbonyl (C=O) groups excluding carboxylic acids is 1. The topological polar surface area (TPSA) is 89.4 Å². The molecule has 154 valence electrons. The van der Waals surface area contributed by atoms with Crippen LogP contribution in [0.25, 0.3) is 17.0 Å². The minimum Gasteiger partial charge on any atom is -0.361 e. The molecular formula is C22H24N6O2. The zero-order valence-electron chi connectivity index (χ0n) is 17.4. The summed E-state index contributed by atoms with van der Waals surface area (Å²) in [5, 5.41) is 8.54. The van der Waals surface area contributed by atoms with Crippen LogP contribution in [-0.2, 0) is 17.6 Å². The van der Waals surface area contributed by atoms with Gasteiger partial charge < -0.3 is 9.42 Å². The highest BCUT2D eigenvalue weighted by molar-refractivity contribution is 5.77. The molecule has 0 aliphatic carbocycles. The van der Waals surface area contributed by atoms with Crippen molar-refractivity contribution in [3.63, 3.8) is 0 Å². The van der Waals surface area contributed by atoms with E-state index in [1.807, 2.05) is 56.3 Å². The largest absolute Gasteiger partial charge is 0.361 e. The zero-order valence-corrected chi connectivity index (χ0v) is 17.4. The second-order valence-electron chi connectivity index (χ2n) is 7.42. The van der Waals surface area contributed by atoms with Gasteiger partial charge in [-0.2, -0.15) is 4.98 Å². The molecule has 1 amide bonds. The van der Waals surface area contributed by atoms with Gasteiger partial charge in [-0.05, 0) is 26.3 Å². The molecule has 0 N–H and O–H groups in total. The van der Waals surface area contributed by atoms with Crippen LogP contribution in [0.2, 0.25) is 0 Å². The number of benzene rings is 1. The van der Waals surface area contributed by atoms with Crippen LogP contribution < -0.4 is 0 Å². The van der Waals surface area contributed by atoms with E-state index in [-0.39, 0.29) is 12.3 Å². The third kappa shape index (κ3) is 4.37. The van der Waals surface area contributed by atoms with E-state index in [1.165, 1.54) is 0 Å². The van der Waals surface area contributed by atoms with Crippen molar-refractivity contribution in [2.24, 2.45) is 0 Å². The molecule has 8 heteroatoms. The van der Waals surface area contributed by atoms with E-state index in [0.29, 0.717) is 24.6 Å². The van der Waals surface area contributed by atoms with E-state index in [9.17, 15) is 4.79 Å². The molecule has 0 unspecified atom stereocenters. The van der Waals surface area contributed by atoms with Crippen molar-refractivity contribution >= 4 is 11.7 Å². The number of carbonyl (C=O) groups is 1. The summed E-state index contributed by atoms with van der Waals surface area (Å²) in [6, 6.07) is 13.8. The van der Waals surface area contributed by atoms with Crippen molar-refractivity contribution in [2.75, 3.05) is 13.6 Å². The lowest BCUT2D eigenvalue weighted by Crippen LogP contribution is -2.29. The Labute approximate surface area is 174 Å². The van der Waals surface area contributed by atoms with E-state index in [1.54, 1.807) is 16.5 Å². The summed E-state index contributed by atoms with van der Waals surface area (Å²) in [5.74, 6) is 1.80. The van der Waals surface area contributed by atoms with Gasteiger partial charge in [0.2, 0.25) is 5.91 Å². The first-order valence-electron chi connectivity index (χ1n) is 9.94. The normalized spacial score (nSPS) is 11.2. The Hall–Kier alpha value is -3.55. The summed E-state index contributed by atoms with van der Waals surface area (Å²) in [5.41, 5.74) is 3.68. The molecule has 0 saturated heterocycles. The van der Waals surface area contributed by atoms with Crippen LogP contribution in [0, 0.1) is 13.8 Å². The average Bonchev–Trinajstić information content (AvgIpc) is 3.35. The van der Waals surface area contributed by atoms with E-state index in [4.69, 9.17) is 4.52 Å². The first kappa shape index (κ1) is 19.8. The standard InChI is InChI=1S/C22H24N6O2/c1-15-12-16(2)28-22(23-15)24-20(25-28)14-21(29)27(3)11-7-10-18-13-19(26-30-18)17-8-5-4-6-9-17/h4-6,8-9,12-13H,7,10-11,14H2,1-3H3. The van der Waals surface area contributed by atoms with E-state index in [0.717, 1.165) is 34.8 Å². The predicted molar refractivity (Wildman–Crippen MR) is 112 cm³/mol. The molecule has 4 rings (SSSR count). The van der Waals surface area contributed by atoms with Gasteiger partial charge in [-0.3, -0.25) is 4.79 Å². The Bertz CT molecular complexity index is 1170. The Morgan fingerprint density at radius 3 is 2.73 bits per heavy atom. The monoisotopic (exact) mass is 404 g/mol. The molecule has 0 aliphatic rings. The number of likely N-dealkylation sites (N-methyl/N-ethyl adjacent to an activating group) is 1. The molecular weight excluding hydrogens is 380 g/mol. The third-order valence-corrected chi connectivity index (χ3v) is 4.94. The third-order valence-electron chi connectivity index (χ3n) is 4.94. The fraction of sp³-hybridized carbons (Fsp3) is 0.318. The maximum atomic E-state index is 12.6. The highest BCUT2D eigenvalue weighted by atomic mass is 16.5. The van der Waals surface area contributed by atoms with Gasteiger partial charge in [0.1, 0.15) is 11.5 Å². The highest BCUT2D eigenvalue weighted by Gasteiger charge is 2.15. The first-order valence-corrected chi connectivity index (χ1v) is 9.94. The van der Waals surface area contributed by atoms with Crippen molar-refractivity contribution in [1.82, 2.24) is 29.6 Å². The predicted octanol–water partition coefficient (Wildman–Crippen LogP) is 3.03. The molecule has 0 fully saturated rings. The summed E-state index contributed by atoms with van der Waals surface area (Å²) in [6.07, 6.45) is 1.65. The van der Waals surface area contributed by atoms with Crippen molar-refractivity contribution in [2.45, 2.75) is 33.1 Å². The van der Waals surface area contributed by atoms with Crippen molar-refractivity contribution < 1.29 is 9.32 Å². The molecule has 0 bridgehead atoms.